The van der Waals surface area contributed by atoms with Gasteiger partial charge in [-0.25, -0.2) is 0 Å². The number of aromatic nitrogens is 1. The molecule has 1 atom stereocenters. The summed E-state index contributed by atoms with van der Waals surface area (Å²) in [6.07, 6.45) is 1.76. The lowest BCUT2D eigenvalue weighted by atomic mass is 10.2. The van der Waals surface area contributed by atoms with Gasteiger partial charge < -0.3 is 10.1 Å². The van der Waals surface area contributed by atoms with E-state index in [1.54, 1.807) is 6.20 Å². The minimum absolute atomic E-state index is 0.248. The van der Waals surface area contributed by atoms with Gasteiger partial charge in [-0.3, -0.25) is 4.98 Å². The predicted octanol–water partition coefficient (Wildman–Crippen LogP) is 3.46. The van der Waals surface area contributed by atoms with Crippen LogP contribution in [0.2, 0.25) is 0 Å². The van der Waals surface area contributed by atoms with Crippen molar-refractivity contribution in [3.8, 4) is 11.5 Å². The monoisotopic (exact) mass is 242 g/mol. The zero-order valence-electron chi connectivity index (χ0n) is 11.0. The van der Waals surface area contributed by atoms with Gasteiger partial charge in [-0.05, 0) is 50.7 Å². The summed E-state index contributed by atoms with van der Waals surface area (Å²) in [5, 5.41) is 3.15. The van der Waals surface area contributed by atoms with Crippen LogP contribution in [0.15, 0.2) is 42.6 Å². The first kappa shape index (κ1) is 12.6. The second kappa shape index (κ2) is 5.65. The van der Waals surface area contributed by atoms with Crippen molar-refractivity contribution in [3.05, 3.63) is 53.9 Å². The Kier molecular flexibility index (Phi) is 3.95. The third kappa shape index (κ3) is 3.08. The van der Waals surface area contributed by atoms with E-state index >= 15 is 0 Å². The number of nitrogens with one attached hydrogen (secondary N) is 1. The van der Waals surface area contributed by atoms with Gasteiger partial charge in [-0.2, -0.15) is 0 Å². The number of ether oxygens (including phenoxy) is 1. The summed E-state index contributed by atoms with van der Waals surface area (Å²) >= 11 is 0. The van der Waals surface area contributed by atoms with Crippen molar-refractivity contribution < 1.29 is 4.74 Å². The highest BCUT2D eigenvalue weighted by molar-refractivity contribution is 5.32. The lowest BCUT2D eigenvalue weighted by Gasteiger charge is -2.10. The Balaban J connectivity index is 2.11. The van der Waals surface area contributed by atoms with Crippen LogP contribution in [0.25, 0.3) is 0 Å². The van der Waals surface area contributed by atoms with Crippen molar-refractivity contribution in [2.24, 2.45) is 0 Å². The van der Waals surface area contributed by atoms with Gasteiger partial charge in [0.05, 0.1) is 11.9 Å². The highest BCUT2D eigenvalue weighted by Crippen LogP contribution is 2.22. The minimum Gasteiger partial charge on any atom is -0.456 e. The molecular weight excluding hydrogens is 224 g/mol. The van der Waals surface area contributed by atoms with Crippen LogP contribution in [0.3, 0.4) is 0 Å². The number of aryl methyl sites for hydroxylation is 1. The molecule has 3 nitrogen and oxygen atoms in total. The standard InChI is InChI=1S/C15H18N2O/c1-11-5-4-6-13(9-11)18-14-7-8-15(17-10-14)12(2)16-3/h4-10,12,16H,1-3H3. The Labute approximate surface area is 108 Å². The molecule has 2 aromatic rings. The van der Waals surface area contributed by atoms with Crippen LogP contribution in [0.4, 0.5) is 0 Å². The van der Waals surface area contributed by atoms with Crippen molar-refractivity contribution >= 4 is 0 Å². The molecule has 0 radical (unpaired) electrons. The molecule has 2 rings (SSSR count). The molecule has 0 fully saturated rings. The molecule has 1 aromatic heterocycles. The van der Waals surface area contributed by atoms with Crippen molar-refractivity contribution in [2.75, 3.05) is 7.05 Å². The average molecular weight is 242 g/mol. The molecule has 0 bridgehead atoms. The molecule has 0 amide bonds. The van der Waals surface area contributed by atoms with Crippen LogP contribution in [0.1, 0.15) is 24.2 Å². The topological polar surface area (TPSA) is 34.1 Å². The van der Waals surface area contributed by atoms with E-state index in [1.807, 2.05) is 50.4 Å². The Morgan fingerprint density at radius 2 is 2.00 bits per heavy atom. The Morgan fingerprint density at radius 1 is 1.17 bits per heavy atom. The molecule has 0 saturated heterocycles. The summed E-state index contributed by atoms with van der Waals surface area (Å²) in [7, 11) is 1.92. The van der Waals surface area contributed by atoms with Gasteiger partial charge in [0.15, 0.2) is 0 Å². The molecule has 1 unspecified atom stereocenters. The normalized spacial score (nSPS) is 12.2. The first-order valence-electron chi connectivity index (χ1n) is 6.07. The predicted molar refractivity (Wildman–Crippen MR) is 73.0 cm³/mol. The lowest BCUT2D eigenvalue weighted by Crippen LogP contribution is -2.13. The molecule has 0 aliphatic rings. The maximum Gasteiger partial charge on any atom is 0.145 e. The summed E-state index contributed by atoms with van der Waals surface area (Å²) in [5.41, 5.74) is 2.19. The number of nitrogens with zero attached hydrogens (tertiary/aromatic N) is 1. The number of pyridine rings is 1. The van der Waals surface area contributed by atoms with E-state index in [0.717, 1.165) is 17.2 Å². The largest absolute Gasteiger partial charge is 0.456 e. The highest BCUT2D eigenvalue weighted by Gasteiger charge is 2.04. The fourth-order valence-electron chi connectivity index (χ4n) is 1.67. The zero-order chi connectivity index (χ0) is 13.0. The van der Waals surface area contributed by atoms with Gasteiger partial charge in [0.2, 0.25) is 0 Å². The Hall–Kier alpha value is -1.87. The number of rotatable bonds is 4. The van der Waals surface area contributed by atoms with E-state index in [9.17, 15) is 0 Å². The molecular formula is C15H18N2O. The smallest absolute Gasteiger partial charge is 0.145 e. The van der Waals surface area contributed by atoms with Crippen molar-refractivity contribution in [3.63, 3.8) is 0 Å². The van der Waals surface area contributed by atoms with Crippen LogP contribution in [0, 0.1) is 6.92 Å². The summed E-state index contributed by atoms with van der Waals surface area (Å²) in [5.74, 6) is 1.60. The maximum absolute atomic E-state index is 5.74. The molecule has 0 saturated carbocycles. The van der Waals surface area contributed by atoms with Gasteiger partial charge in [0.25, 0.3) is 0 Å². The molecule has 1 aromatic carbocycles. The molecule has 0 spiro atoms. The third-order valence-corrected chi connectivity index (χ3v) is 2.86. The lowest BCUT2D eigenvalue weighted by molar-refractivity contribution is 0.478. The van der Waals surface area contributed by atoms with E-state index in [1.165, 1.54) is 5.56 Å². The number of hydrogen-bond acceptors (Lipinski definition) is 3. The number of benzene rings is 1. The van der Waals surface area contributed by atoms with Crippen LogP contribution in [0.5, 0.6) is 11.5 Å². The van der Waals surface area contributed by atoms with E-state index in [-0.39, 0.29) is 6.04 Å². The van der Waals surface area contributed by atoms with Gasteiger partial charge in [-0.1, -0.05) is 12.1 Å². The van der Waals surface area contributed by atoms with E-state index in [4.69, 9.17) is 4.74 Å². The summed E-state index contributed by atoms with van der Waals surface area (Å²) in [6.45, 7) is 4.12. The Bertz CT molecular complexity index is 508. The second-order valence-electron chi connectivity index (χ2n) is 4.35. The SMILES string of the molecule is CNC(C)c1ccc(Oc2cccc(C)c2)cn1. The summed E-state index contributed by atoms with van der Waals surface area (Å²) < 4.78 is 5.74. The first-order chi connectivity index (χ1) is 8.69. The van der Waals surface area contributed by atoms with E-state index < -0.39 is 0 Å². The van der Waals surface area contributed by atoms with Crippen LogP contribution < -0.4 is 10.1 Å². The highest BCUT2D eigenvalue weighted by atomic mass is 16.5. The van der Waals surface area contributed by atoms with Crippen molar-refractivity contribution in [1.82, 2.24) is 10.3 Å². The van der Waals surface area contributed by atoms with Crippen molar-refractivity contribution in [1.29, 1.82) is 0 Å². The molecule has 1 heterocycles. The first-order valence-corrected chi connectivity index (χ1v) is 6.07. The van der Waals surface area contributed by atoms with Crippen LogP contribution in [-0.2, 0) is 0 Å². The molecule has 1 N–H and O–H groups in total. The van der Waals surface area contributed by atoms with Gasteiger partial charge >= 0.3 is 0 Å². The van der Waals surface area contributed by atoms with Crippen molar-refractivity contribution in [2.45, 2.75) is 19.9 Å². The van der Waals surface area contributed by atoms with Crippen LogP contribution >= 0.6 is 0 Å². The maximum atomic E-state index is 5.74. The fraction of sp³-hybridized carbons (Fsp3) is 0.267. The summed E-state index contributed by atoms with van der Waals surface area (Å²) in [4.78, 5) is 4.38. The average Bonchev–Trinajstić information content (AvgIpc) is 2.39. The summed E-state index contributed by atoms with van der Waals surface area (Å²) in [6, 6.07) is 12.1. The van der Waals surface area contributed by atoms with E-state index in [2.05, 4.69) is 17.2 Å². The molecule has 94 valence electrons. The third-order valence-electron chi connectivity index (χ3n) is 2.86. The molecule has 0 aliphatic heterocycles. The minimum atomic E-state index is 0.248. The molecule has 18 heavy (non-hydrogen) atoms. The number of hydrogen-bond donors (Lipinski definition) is 1. The van der Waals surface area contributed by atoms with Gasteiger partial charge in [0, 0.05) is 6.04 Å². The second-order valence-corrected chi connectivity index (χ2v) is 4.35. The van der Waals surface area contributed by atoms with Crippen LogP contribution in [-0.4, -0.2) is 12.0 Å². The quantitative estimate of drug-likeness (QED) is 0.891. The Morgan fingerprint density at radius 3 is 2.61 bits per heavy atom. The van der Waals surface area contributed by atoms with E-state index in [0.29, 0.717) is 0 Å². The van der Waals surface area contributed by atoms with Gasteiger partial charge in [0.1, 0.15) is 11.5 Å². The molecule has 0 aliphatic carbocycles. The molecule has 3 heteroatoms. The zero-order valence-corrected chi connectivity index (χ0v) is 11.0. The van der Waals surface area contributed by atoms with Gasteiger partial charge in [-0.15, -0.1) is 0 Å². The fourth-order valence-corrected chi connectivity index (χ4v) is 1.67.